The summed E-state index contributed by atoms with van der Waals surface area (Å²) in [6.07, 6.45) is 1.23. The van der Waals surface area contributed by atoms with Crippen molar-refractivity contribution in [1.82, 2.24) is 10.2 Å². The largest absolute Gasteiger partial charge is 0.495 e. The summed E-state index contributed by atoms with van der Waals surface area (Å²) in [7, 11) is 3.68. The highest BCUT2D eigenvalue weighted by molar-refractivity contribution is 6.32. The molecule has 3 nitrogen and oxygen atoms in total. The lowest BCUT2D eigenvalue weighted by Gasteiger charge is -2.32. The van der Waals surface area contributed by atoms with Gasteiger partial charge in [-0.25, -0.2) is 0 Å². The first-order chi connectivity index (χ1) is 9.58. The van der Waals surface area contributed by atoms with E-state index in [4.69, 9.17) is 16.3 Å². The monoisotopic (exact) mass is 296 g/mol. The standard InChI is InChI=1S/C16H25ClN2O/c1-11(2)19-8-7-13(10-18-3)16(19)12-5-6-15(20-4)14(17)9-12/h5-6,9,11,13,16,18H,7-8,10H2,1-4H3. The van der Waals surface area contributed by atoms with Gasteiger partial charge in [0.2, 0.25) is 0 Å². The number of rotatable bonds is 5. The Hall–Kier alpha value is -0.770. The number of likely N-dealkylation sites (tertiary alicyclic amines) is 1. The van der Waals surface area contributed by atoms with Gasteiger partial charge in [-0.2, -0.15) is 0 Å². The summed E-state index contributed by atoms with van der Waals surface area (Å²) < 4.78 is 5.25. The van der Waals surface area contributed by atoms with Gasteiger partial charge in [0, 0.05) is 12.1 Å². The Morgan fingerprint density at radius 3 is 2.75 bits per heavy atom. The van der Waals surface area contributed by atoms with Gasteiger partial charge in [0.1, 0.15) is 5.75 Å². The van der Waals surface area contributed by atoms with E-state index in [1.165, 1.54) is 12.0 Å². The molecule has 1 aliphatic heterocycles. The van der Waals surface area contributed by atoms with E-state index in [-0.39, 0.29) is 0 Å². The van der Waals surface area contributed by atoms with Crippen LogP contribution in [-0.4, -0.2) is 38.2 Å². The van der Waals surface area contributed by atoms with E-state index in [2.05, 4.69) is 36.2 Å². The zero-order valence-electron chi connectivity index (χ0n) is 12.8. The van der Waals surface area contributed by atoms with Crippen molar-refractivity contribution in [3.05, 3.63) is 28.8 Å². The molecule has 1 saturated heterocycles. The van der Waals surface area contributed by atoms with Gasteiger partial charge in [-0.05, 0) is 64.0 Å². The van der Waals surface area contributed by atoms with Crippen molar-refractivity contribution in [2.45, 2.75) is 32.4 Å². The molecule has 1 heterocycles. The van der Waals surface area contributed by atoms with E-state index in [0.29, 0.717) is 23.0 Å². The van der Waals surface area contributed by atoms with Crippen LogP contribution < -0.4 is 10.1 Å². The summed E-state index contributed by atoms with van der Waals surface area (Å²) in [6, 6.07) is 7.17. The average Bonchev–Trinajstić information content (AvgIpc) is 2.83. The summed E-state index contributed by atoms with van der Waals surface area (Å²) >= 11 is 6.30. The van der Waals surface area contributed by atoms with E-state index < -0.39 is 0 Å². The molecule has 0 amide bonds. The summed E-state index contributed by atoms with van der Waals surface area (Å²) in [5.41, 5.74) is 1.29. The van der Waals surface area contributed by atoms with Crippen LogP contribution in [0.1, 0.15) is 31.9 Å². The molecule has 4 heteroatoms. The Morgan fingerprint density at radius 2 is 2.20 bits per heavy atom. The van der Waals surface area contributed by atoms with Crippen LogP contribution in [0.15, 0.2) is 18.2 Å². The number of hydrogen-bond acceptors (Lipinski definition) is 3. The summed E-state index contributed by atoms with van der Waals surface area (Å²) in [5.74, 6) is 1.38. The maximum Gasteiger partial charge on any atom is 0.137 e. The van der Waals surface area contributed by atoms with Crippen LogP contribution in [0.3, 0.4) is 0 Å². The highest BCUT2D eigenvalue weighted by atomic mass is 35.5. The van der Waals surface area contributed by atoms with E-state index in [9.17, 15) is 0 Å². The summed E-state index contributed by atoms with van der Waals surface area (Å²) in [4.78, 5) is 2.57. The molecule has 2 rings (SSSR count). The smallest absolute Gasteiger partial charge is 0.137 e. The second kappa shape index (κ2) is 6.79. The van der Waals surface area contributed by atoms with Crippen LogP contribution in [0.25, 0.3) is 0 Å². The third kappa shape index (κ3) is 3.11. The minimum Gasteiger partial charge on any atom is -0.495 e. The van der Waals surface area contributed by atoms with E-state index in [1.54, 1.807) is 7.11 Å². The number of halogens is 1. The van der Waals surface area contributed by atoms with Gasteiger partial charge in [0.15, 0.2) is 0 Å². The normalized spacial score (nSPS) is 23.5. The van der Waals surface area contributed by atoms with Crippen molar-refractivity contribution in [3.8, 4) is 5.75 Å². The van der Waals surface area contributed by atoms with Gasteiger partial charge in [-0.3, -0.25) is 4.90 Å². The molecular formula is C16H25ClN2O. The first-order valence-electron chi connectivity index (χ1n) is 7.32. The molecule has 1 aromatic rings. The van der Waals surface area contributed by atoms with Crippen LogP contribution in [0.2, 0.25) is 5.02 Å². The number of benzene rings is 1. The molecule has 1 aliphatic rings. The molecule has 1 N–H and O–H groups in total. The molecule has 1 fully saturated rings. The second-order valence-corrected chi connectivity index (χ2v) is 6.18. The third-order valence-electron chi connectivity index (χ3n) is 4.21. The topological polar surface area (TPSA) is 24.5 Å². The molecule has 0 aliphatic carbocycles. The van der Waals surface area contributed by atoms with Crippen LogP contribution in [-0.2, 0) is 0 Å². The van der Waals surface area contributed by atoms with Crippen LogP contribution in [0.5, 0.6) is 5.75 Å². The second-order valence-electron chi connectivity index (χ2n) is 5.78. The van der Waals surface area contributed by atoms with E-state index >= 15 is 0 Å². The summed E-state index contributed by atoms with van der Waals surface area (Å²) in [5, 5.41) is 4.02. The Balaban J connectivity index is 2.31. The number of ether oxygens (including phenoxy) is 1. The lowest BCUT2D eigenvalue weighted by molar-refractivity contribution is 0.182. The maximum absolute atomic E-state index is 6.30. The molecule has 0 aromatic heterocycles. The molecular weight excluding hydrogens is 272 g/mol. The fourth-order valence-electron chi connectivity index (χ4n) is 3.27. The predicted octanol–water partition coefficient (Wildman–Crippen LogP) is 3.34. The van der Waals surface area contributed by atoms with Gasteiger partial charge in [0.05, 0.1) is 12.1 Å². The Morgan fingerprint density at radius 1 is 1.45 bits per heavy atom. The molecule has 0 saturated carbocycles. The summed E-state index contributed by atoms with van der Waals surface area (Å²) in [6.45, 7) is 6.72. The van der Waals surface area contributed by atoms with Crippen molar-refractivity contribution >= 4 is 11.6 Å². The minimum atomic E-state index is 0.436. The molecule has 112 valence electrons. The highest BCUT2D eigenvalue weighted by Gasteiger charge is 2.36. The SMILES string of the molecule is CNCC1CCN(C(C)C)C1c1ccc(OC)c(Cl)c1. The van der Waals surface area contributed by atoms with Gasteiger partial charge in [-0.15, -0.1) is 0 Å². The quantitative estimate of drug-likeness (QED) is 0.902. The van der Waals surface area contributed by atoms with Crippen molar-refractivity contribution in [2.24, 2.45) is 5.92 Å². The van der Waals surface area contributed by atoms with Gasteiger partial charge in [-0.1, -0.05) is 17.7 Å². The van der Waals surface area contributed by atoms with Crippen molar-refractivity contribution in [1.29, 1.82) is 0 Å². The fourth-order valence-corrected chi connectivity index (χ4v) is 3.53. The van der Waals surface area contributed by atoms with Crippen LogP contribution in [0.4, 0.5) is 0 Å². The Kier molecular flexibility index (Phi) is 5.30. The van der Waals surface area contributed by atoms with Crippen LogP contribution >= 0.6 is 11.6 Å². The molecule has 2 unspecified atom stereocenters. The van der Waals surface area contributed by atoms with Crippen molar-refractivity contribution in [3.63, 3.8) is 0 Å². The zero-order chi connectivity index (χ0) is 14.7. The molecule has 0 bridgehead atoms. The van der Waals surface area contributed by atoms with Crippen molar-refractivity contribution in [2.75, 3.05) is 27.2 Å². The lowest BCUT2D eigenvalue weighted by atomic mass is 9.93. The number of nitrogens with zero attached hydrogens (tertiary/aromatic N) is 1. The molecule has 0 radical (unpaired) electrons. The minimum absolute atomic E-state index is 0.436. The van der Waals surface area contributed by atoms with Crippen molar-refractivity contribution < 1.29 is 4.74 Å². The fraction of sp³-hybridized carbons (Fsp3) is 0.625. The first kappa shape index (κ1) is 15.6. The number of hydrogen-bond donors (Lipinski definition) is 1. The highest BCUT2D eigenvalue weighted by Crippen LogP contribution is 2.40. The predicted molar refractivity (Wildman–Crippen MR) is 84.6 cm³/mol. The van der Waals surface area contributed by atoms with E-state index in [1.807, 2.05) is 13.1 Å². The number of methoxy groups -OCH3 is 1. The van der Waals surface area contributed by atoms with Gasteiger partial charge in [0.25, 0.3) is 0 Å². The molecule has 0 spiro atoms. The average molecular weight is 297 g/mol. The Bertz CT molecular complexity index is 450. The van der Waals surface area contributed by atoms with Crippen LogP contribution in [0, 0.1) is 5.92 Å². The van der Waals surface area contributed by atoms with E-state index in [0.717, 1.165) is 18.8 Å². The number of nitrogens with one attached hydrogen (secondary N) is 1. The zero-order valence-corrected chi connectivity index (χ0v) is 13.6. The third-order valence-corrected chi connectivity index (χ3v) is 4.50. The van der Waals surface area contributed by atoms with Gasteiger partial charge < -0.3 is 10.1 Å². The lowest BCUT2D eigenvalue weighted by Crippen LogP contribution is -2.33. The maximum atomic E-state index is 6.30. The van der Waals surface area contributed by atoms with Gasteiger partial charge >= 0.3 is 0 Å². The molecule has 20 heavy (non-hydrogen) atoms. The first-order valence-corrected chi connectivity index (χ1v) is 7.70. The Labute approximate surface area is 127 Å². The molecule has 2 atom stereocenters. The molecule has 1 aromatic carbocycles.